The first-order chi connectivity index (χ1) is 7.24. The van der Waals surface area contributed by atoms with Gasteiger partial charge < -0.3 is 5.11 Å². The zero-order valence-electron chi connectivity index (χ0n) is 7.57. The Hall–Kier alpha value is -1.81. The Morgan fingerprint density at radius 3 is 2.73 bits per heavy atom. The smallest absolute Gasteiger partial charge is 0.169 e. The number of phenolic OH excluding ortho intramolecular Hbond substituents is 1. The highest BCUT2D eigenvalue weighted by Crippen LogP contribution is 2.33. The summed E-state index contributed by atoms with van der Waals surface area (Å²) in [6.45, 7) is 0. The van der Waals surface area contributed by atoms with Gasteiger partial charge in [0, 0.05) is 5.56 Å². The monoisotopic (exact) mass is 222 g/mol. The van der Waals surface area contributed by atoms with E-state index in [1.165, 1.54) is 6.07 Å². The molecule has 0 aliphatic heterocycles. The van der Waals surface area contributed by atoms with Crippen LogP contribution < -0.4 is 0 Å². The summed E-state index contributed by atoms with van der Waals surface area (Å²) in [6.07, 6.45) is 0.582. The van der Waals surface area contributed by atoms with Crippen molar-refractivity contribution in [1.29, 1.82) is 0 Å². The number of aromatic hydroxyl groups is 1. The lowest BCUT2D eigenvalue weighted by Crippen LogP contribution is -1.79. The first-order valence-electron chi connectivity index (χ1n) is 4.21. The highest BCUT2D eigenvalue weighted by atomic mass is 35.5. The minimum atomic E-state index is 0.0725. The van der Waals surface area contributed by atoms with Gasteiger partial charge in [-0.25, -0.2) is 0 Å². The van der Waals surface area contributed by atoms with Crippen molar-refractivity contribution in [3.8, 4) is 17.0 Å². The minimum absolute atomic E-state index is 0.0725. The van der Waals surface area contributed by atoms with Gasteiger partial charge in [-0.1, -0.05) is 23.7 Å². The van der Waals surface area contributed by atoms with E-state index in [1.807, 2.05) is 0 Å². The average molecular weight is 223 g/mol. The molecule has 0 aliphatic carbocycles. The molecule has 2 aromatic rings. The van der Waals surface area contributed by atoms with Gasteiger partial charge >= 0.3 is 0 Å². The molecule has 4 nitrogen and oxygen atoms in total. The lowest BCUT2D eigenvalue weighted by Gasteiger charge is -2.00. The van der Waals surface area contributed by atoms with Crippen LogP contribution in [0.15, 0.2) is 24.3 Å². The SMILES string of the molecule is O=Cc1[nH]nc(-c2ccccc2O)c1Cl. The summed E-state index contributed by atoms with van der Waals surface area (Å²) in [5, 5.41) is 16.1. The van der Waals surface area contributed by atoms with Gasteiger partial charge in [-0.15, -0.1) is 0 Å². The van der Waals surface area contributed by atoms with Crippen molar-refractivity contribution in [2.45, 2.75) is 0 Å². The maximum atomic E-state index is 10.5. The maximum absolute atomic E-state index is 10.5. The van der Waals surface area contributed by atoms with Crippen molar-refractivity contribution in [2.24, 2.45) is 0 Å². The molecule has 2 N–H and O–H groups in total. The number of benzene rings is 1. The summed E-state index contributed by atoms with van der Waals surface area (Å²) < 4.78 is 0. The van der Waals surface area contributed by atoms with E-state index in [0.29, 0.717) is 17.5 Å². The summed E-state index contributed by atoms with van der Waals surface area (Å²) in [5.74, 6) is 0.0725. The molecule has 15 heavy (non-hydrogen) atoms. The molecule has 2 rings (SSSR count). The van der Waals surface area contributed by atoms with Gasteiger partial charge in [0.1, 0.15) is 17.1 Å². The number of nitrogens with one attached hydrogen (secondary N) is 1. The van der Waals surface area contributed by atoms with E-state index < -0.39 is 0 Å². The molecule has 1 heterocycles. The van der Waals surface area contributed by atoms with Crippen LogP contribution in [0.3, 0.4) is 0 Å². The van der Waals surface area contributed by atoms with Crippen LogP contribution in [0.4, 0.5) is 0 Å². The number of nitrogens with zero attached hydrogens (tertiary/aromatic N) is 1. The Morgan fingerprint density at radius 1 is 1.40 bits per heavy atom. The molecule has 1 aromatic carbocycles. The van der Waals surface area contributed by atoms with Crippen molar-refractivity contribution in [2.75, 3.05) is 0 Å². The first kappa shape index (κ1) is 9.73. The van der Waals surface area contributed by atoms with Gasteiger partial charge in [0.05, 0.1) is 5.02 Å². The molecule has 0 aliphatic rings. The molecule has 0 fully saturated rings. The van der Waals surface area contributed by atoms with Crippen LogP contribution >= 0.6 is 11.6 Å². The molecule has 1 aromatic heterocycles. The van der Waals surface area contributed by atoms with Gasteiger partial charge in [0.25, 0.3) is 0 Å². The van der Waals surface area contributed by atoms with Crippen molar-refractivity contribution in [1.82, 2.24) is 10.2 Å². The molecule has 0 radical (unpaired) electrons. The molecule has 0 saturated carbocycles. The Bertz CT molecular complexity index is 508. The van der Waals surface area contributed by atoms with Crippen molar-refractivity contribution >= 4 is 17.9 Å². The number of aromatic nitrogens is 2. The second-order valence-corrected chi connectivity index (χ2v) is 3.31. The fourth-order valence-electron chi connectivity index (χ4n) is 1.27. The molecule has 0 spiro atoms. The number of halogens is 1. The van der Waals surface area contributed by atoms with Gasteiger partial charge in [0.2, 0.25) is 0 Å². The number of carbonyl (C=O) groups excluding carboxylic acids is 1. The maximum Gasteiger partial charge on any atom is 0.169 e. The summed E-state index contributed by atoms with van der Waals surface area (Å²) in [6, 6.07) is 6.65. The van der Waals surface area contributed by atoms with Crippen LogP contribution in [-0.4, -0.2) is 21.6 Å². The Balaban J connectivity index is 2.59. The number of aromatic amines is 1. The van der Waals surface area contributed by atoms with E-state index >= 15 is 0 Å². The number of para-hydroxylation sites is 1. The fourth-order valence-corrected chi connectivity index (χ4v) is 1.50. The quantitative estimate of drug-likeness (QED) is 0.766. The number of hydrogen-bond acceptors (Lipinski definition) is 3. The lowest BCUT2D eigenvalue weighted by atomic mass is 10.1. The van der Waals surface area contributed by atoms with Crippen LogP contribution in [0.2, 0.25) is 5.02 Å². The Kier molecular flexibility index (Phi) is 2.43. The van der Waals surface area contributed by atoms with Crippen LogP contribution in [0.25, 0.3) is 11.3 Å². The van der Waals surface area contributed by atoms with Crippen LogP contribution in [0.5, 0.6) is 5.75 Å². The normalized spacial score (nSPS) is 10.2. The zero-order valence-corrected chi connectivity index (χ0v) is 8.32. The Labute approximate surface area is 90.5 Å². The fraction of sp³-hybridized carbons (Fsp3) is 0. The number of H-pyrrole nitrogens is 1. The van der Waals surface area contributed by atoms with Gasteiger partial charge in [-0.3, -0.25) is 9.89 Å². The van der Waals surface area contributed by atoms with Crippen molar-refractivity contribution < 1.29 is 9.90 Å². The highest BCUT2D eigenvalue weighted by molar-refractivity contribution is 6.35. The van der Waals surface area contributed by atoms with Crippen molar-refractivity contribution in [3.05, 3.63) is 35.0 Å². The number of rotatable bonds is 2. The van der Waals surface area contributed by atoms with Crippen LogP contribution in [0.1, 0.15) is 10.5 Å². The predicted molar refractivity (Wildman–Crippen MR) is 56.1 cm³/mol. The third-order valence-electron chi connectivity index (χ3n) is 2.01. The number of phenols is 1. The summed E-state index contributed by atoms with van der Waals surface area (Å²) in [7, 11) is 0. The van der Waals surface area contributed by atoms with E-state index in [-0.39, 0.29) is 16.5 Å². The minimum Gasteiger partial charge on any atom is -0.507 e. The summed E-state index contributed by atoms with van der Waals surface area (Å²) in [4.78, 5) is 10.5. The number of hydrogen-bond donors (Lipinski definition) is 2. The topological polar surface area (TPSA) is 66.0 Å². The van der Waals surface area contributed by atoms with Gasteiger partial charge in [0.15, 0.2) is 6.29 Å². The molecule has 0 saturated heterocycles. The molecule has 0 amide bonds. The first-order valence-corrected chi connectivity index (χ1v) is 4.59. The summed E-state index contributed by atoms with van der Waals surface area (Å²) in [5.41, 5.74) is 1.07. The molecule has 76 valence electrons. The van der Waals surface area contributed by atoms with E-state index in [0.717, 1.165) is 0 Å². The van der Waals surface area contributed by atoms with Crippen LogP contribution in [-0.2, 0) is 0 Å². The molecule has 5 heteroatoms. The molecule has 0 atom stereocenters. The Morgan fingerprint density at radius 2 is 2.13 bits per heavy atom. The molecule has 0 bridgehead atoms. The standard InChI is InChI=1S/C10H7ClN2O2/c11-9-7(5-14)12-13-10(9)6-3-1-2-4-8(6)15/h1-5,15H,(H,12,13). The van der Waals surface area contributed by atoms with Crippen LogP contribution in [0, 0.1) is 0 Å². The number of carbonyl (C=O) groups is 1. The third kappa shape index (κ3) is 1.59. The van der Waals surface area contributed by atoms with Crippen molar-refractivity contribution in [3.63, 3.8) is 0 Å². The van der Waals surface area contributed by atoms with E-state index in [1.54, 1.807) is 18.2 Å². The summed E-state index contributed by atoms with van der Waals surface area (Å²) >= 11 is 5.89. The zero-order chi connectivity index (χ0) is 10.8. The molecular formula is C10H7ClN2O2. The second kappa shape index (κ2) is 3.74. The van der Waals surface area contributed by atoms with E-state index in [2.05, 4.69) is 10.2 Å². The van der Waals surface area contributed by atoms with Gasteiger partial charge in [-0.2, -0.15) is 5.10 Å². The third-order valence-corrected chi connectivity index (χ3v) is 2.39. The average Bonchev–Trinajstić information content (AvgIpc) is 2.60. The second-order valence-electron chi connectivity index (χ2n) is 2.93. The largest absolute Gasteiger partial charge is 0.507 e. The highest BCUT2D eigenvalue weighted by Gasteiger charge is 2.14. The number of aldehydes is 1. The van der Waals surface area contributed by atoms with E-state index in [4.69, 9.17) is 11.6 Å². The predicted octanol–water partition coefficient (Wildman–Crippen LogP) is 2.25. The molecule has 0 unspecified atom stereocenters. The van der Waals surface area contributed by atoms with Gasteiger partial charge in [-0.05, 0) is 12.1 Å². The molecular weight excluding hydrogens is 216 g/mol. The lowest BCUT2D eigenvalue weighted by molar-refractivity contribution is 0.111. The van der Waals surface area contributed by atoms with E-state index in [9.17, 15) is 9.90 Å².